The summed E-state index contributed by atoms with van der Waals surface area (Å²) >= 11 is 0. The zero-order valence-corrected chi connectivity index (χ0v) is 20.6. The highest BCUT2D eigenvalue weighted by Gasteiger charge is 2.62. The Morgan fingerprint density at radius 3 is 2.44 bits per heavy atom. The number of fused-ring (bicyclic) bond motifs is 5. The fraction of sp³-hybridized carbons (Fsp3) is 0.690. The summed E-state index contributed by atoms with van der Waals surface area (Å²) in [4.78, 5) is 15.2. The summed E-state index contributed by atoms with van der Waals surface area (Å²) in [6, 6.07) is 8.97. The molecule has 8 atom stereocenters. The molecule has 1 aromatic carbocycles. The second kappa shape index (κ2) is 7.72. The predicted octanol–water partition coefficient (Wildman–Crippen LogP) is 5.98. The van der Waals surface area contributed by atoms with Crippen molar-refractivity contribution in [3.8, 4) is 0 Å². The van der Waals surface area contributed by atoms with Crippen LogP contribution in [-0.4, -0.2) is 31.1 Å². The lowest BCUT2D eigenvalue weighted by molar-refractivity contribution is -0.128. The Kier molecular flexibility index (Phi) is 5.36. The average molecular weight is 436 g/mol. The number of Topliss-reactive ketones (excluding diaryl/α,β-unsaturated/α-hetero) is 1. The third kappa shape index (κ3) is 3.22. The number of nitrogens with zero attached hydrogens (tertiary/aromatic N) is 1. The SMILES string of the molecule is CC(=O)[C@@H]1[C@H](c2ccc(N(C)C)cc2)C[C@@H]2[C@H]3CC=C4C[C@@H](O)CC[C@]4(C)[C@@H]3CC[C@@]21C. The number of aliphatic hydroxyl groups excluding tert-OH is 1. The van der Waals surface area contributed by atoms with Crippen LogP contribution in [0.5, 0.6) is 0 Å². The molecule has 3 nitrogen and oxygen atoms in total. The van der Waals surface area contributed by atoms with Gasteiger partial charge in [-0.25, -0.2) is 0 Å². The van der Waals surface area contributed by atoms with E-state index in [1.165, 1.54) is 29.7 Å². The maximum Gasteiger partial charge on any atom is 0.134 e. The number of allylic oxidation sites excluding steroid dienone is 1. The molecule has 0 bridgehead atoms. The molecule has 0 saturated heterocycles. The van der Waals surface area contributed by atoms with E-state index in [0.29, 0.717) is 29.5 Å². The molecule has 0 radical (unpaired) electrons. The van der Waals surface area contributed by atoms with Crippen LogP contribution in [0.3, 0.4) is 0 Å². The normalized spacial score (nSPS) is 43.0. The Morgan fingerprint density at radius 2 is 1.78 bits per heavy atom. The first-order chi connectivity index (χ1) is 15.1. The van der Waals surface area contributed by atoms with E-state index in [0.717, 1.165) is 32.1 Å². The zero-order valence-electron chi connectivity index (χ0n) is 20.6. The molecule has 4 aliphatic rings. The summed E-state index contributed by atoms with van der Waals surface area (Å²) in [5, 5.41) is 10.3. The summed E-state index contributed by atoms with van der Waals surface area (Å²) in [6.07, 6.45) is 9.97. The molecule has 0 heterocycles. The fourth-order valence-corrected chi connectivity index (χ4v) is 8.78. The van der Waals surface area contributed by atoms with Gasteiger partial charge in [0.1, 0.15) is 5.78 Å². The first-order valence-corrected chi connectivity index (χ1v) is 12.8. The summed E-state index contributed by atoms with van der Waals surface area (Å²) in [5.74, 6) is 2.83. The van der Waals surface area contributed by atoms with Gasteiger partial charge in [-0.05, 0) is 104 Å². The van der Waals surface area contributed by atoms with E-state index in [9.17, 15) is 9.90 Å². The van der Waals surface area contributed by atoms with Gasteiger partial charge in [0, 0.05) is 25.7 Å². The average Bonchev–Trinajstić information content (AvgIpc) is 3.07. The van der Waals surface area contributed by atoms with Crippen molar-refractivity contribution in [2.45, 2.75) is 77.7 Å². The Balaban J connectivity index is 1.49. The molecule has 174 valence electrons. The van der Waals surface area contributed by atoms with Crippen molar-refractivity contribution in [3.05, 3.63) is 41.5 Å². The van der Waals surface area contributed by atoms with Gasteiger partial charge in [-0.3, -0.25) is 4.79 Å². The van der Waals surface area contributed by atoms with Gasteiger partial charge in [0.25, 0.3) is 0 Å². The lowest BCUT2D eigenvalue weighted by Crippen LogP contribution is -2.51. The largest absolute Gasteiger partial charge is 0.393 e. The van der Waals surface area contributed by atoms with E-state index < -0.39 is 0 Å². The third-order valence-corrected chi connectivity index (χ3v) is 10.4. The van der Waals surface area contributed by atoms with Crippen molar-refractivity contribution in [2.75, 3.05) is 19.0 Å². The van der Waals surface area contributed by atoms with Crippen molar-refractivity contribution in [3.63, 3.8) is 0 Å². The van der Waals surface area contributed by atoms with Gasteiger partial charge in [0.05, 0.1) is 6.10 Å². The standard InChI is InChI=1S/C29H41NO2/c1-18(31)27-24(19-6-9-21(10-7-19)30(4)5)17-26-23-11-8-20-16-22(32)12-14-28(20,2)25(23)13-15-29(26,27)3/h6-10,22-27,32H,11-17H2,1-5H3/t22-,23-,24-,25+,26+,27+,28-,29-/m0/s1. The van der Waals surface area contributed by atoms with Crippen LogP contribution in [0.4, 0.5) is 5.69 Å². The molecule has 0 unspecified atom stereocenters. The van der Waals surface area contributed by atoms with Gasteiger partial charge in [0.15, 0.2) is 0 Å². The maximum absolute atomic E-state index is 13.1. The predicted molar refractivity (Wildman–Crippen MR) is 131 cm³/mol. The lowest BCUT2D eigenvalue weighted by Gasteiger charge is -2.57. The molecule has 0 amide bonds. The van der Waals surface area contributed by atoms with Crippen LogP contribution in [-0.2, 0) is 4.79 Å². The molecule has 0 aromatic heterocycles. The minimum atomic E-state index is -0.150. The number of hydrogen-bond donors (Lipinski definition) is 1. The molecule has 3 fully saturated rings. The van der Waals surface area contributed by atoms with E-state index in [2.05, 4.69) is 63.2 Å². The number of anilines is 1. The number of rotatable bonds is 3. The summed E-state index contributed by atoms with van der Waals surface area (Å²) < 4.78 is 0. The quantitative estimate of drug-likeness (QED) is 0.594. The Hall–Kier alpha value is -1.61. The van der Waals surface area contributed by atoms with Gasteiger partial charge in [-0.1, -0.05) is 37.6 Å². The number of aliphatic hydroxyl groups is 1. The van der Waals surface area contributed by atoms with Gasteiger partial charge >= 0.3 is 0 Å². The summed E-state index contributed by atoms with van der Waals surface area (Å²) in [6.45, 7) is 6.77. The highest BCUT2D eigenvalue weighted by Crippen LogP contribution is 2.68. The Labute approximate surface area is 194 Å². The van der Waals surface area contributed by atoms with Crippen molar-refractivity contribution in [2.24, 2.45) is 34.5 Å². The molecule has 3 heteroatoms. The third-order valence-electron chi connectivity index (χ3n) is 10.4. The van der Waals surface area contributed by atoms with Crippen LogP contribution in [0.1, 0.15) is 77.2 Å². The summed E-state index contributed by atoms with van der Waals surface area (Å²) in [5.41, 5.74) is 4.45. The Bertz CT molecular complexity index is 918. The number of carbonyl (C=O) groups is 1. The first kappa shape index (κ1) is 22.2. The van der Waals surface area contributed by atoms with Gasteiger partial charge < -0.3 is 10.0 Å². The number of hydrogen-bond acceptors (Lipinski definition) is 3. The highest BCUT2D eigenvalue weighted by atomic mass is 16.3. The molecular weight excluding hydrogens is 394 g/mol. The monoisotopic (exact) mass is 435 g/mol. The van der Waals surface area contributed by atoms with Gasteiger partial charge in [-0.15, -0.1) is 0 Å². The van der Waals surface area contributed by atoms with Gasteiger partial charge in [-0.2, -0.15) is 0 Å². The second-order valence-electron chi connectivity index (χ2n) is 12.1. The topological polar surface area (TPSA) is 40.5 Å². The zero-order chi connectivity index (χ0) is 22.8. The first-order valence-electron chi connectivity index (χ1n) is 12.8. The molecule has 1 aromatic rings. The minimum absolute atomic E-state index is 0.105. The fourth-order valence-electron chi connectivity index (χ4n) is 8.78. The molecule has 0 spiro atoms. The van der Waals surface area contributed by atoms with Crippen LogP contribution in [0.15, 0.2) is 35.9 Å². The second-order valence-corrected chi connectivity index (χ2v) is 12.1. The van der Waals surface area contributed by atoms with Crippen LogP contribution >= 0.6 is 0 Å². The van der Waals surface area contributed by atoms with Crippen molar-refractivity contribution in [1.29, 1.82) is 0 Å². The Morgan fingerprint density at radius 1 is 1.06 bits per heavy atom. The van der Waals surface area contributed by atoms with Crippen molar-refractivity contribution < 1.29 is 9.90 Å². The molecule has 32 heavy (non-hydrogen) atoms. The number of benzene rings is 1. The van der Waals surface area contributed by atoms with E-state index in [-0.39, 0.29) is 22.9 Å². The van der Waals surface area contributed by atoms with Crippen LogP contribution in [0, 0.1) is 34.5 Å². The van der Waals surface area contributed by atoms with E-state index >= 15 is 0 Å². The van der Waals surface area contributed by atoms with Crippen LogP contribution in [0.2, 0.25) is 0 Å². The minimum Gasteiger partial charge on any atom is -0.393 e. The summed E-state index contributed by atoms with van der Waals surface area (Å²) in [7, 11) is 4.16. The molecule has 5 rings (SSSR count). The van der Waals surface area contributed by atoms with E-state index in [4.69, 9.17) is 0 Å². The molecule has 3 saturated carbocycles. The molecule has 0 aliphatic heterocycles. The van der Waals surface area contributed by atoms with E-state index in [1.807, 2.05) is 6.92 Å². The molecular formula is C29H41NO2. The molecule has 1 N–H and O–H groups in total. The number of carbonyl (C=O) groups excluding carboxylic acids is 1. The molecule has 4 aliphatic carbocycles. The number of ketones is 1. The van der Waals surface area contributed by atoms with Crippen molar-refractivity contribution >= 4 is 11.5 Å². The smallest absolute Gasteiger partial charge is 0.134 e. The van der Waals surface area contributed by atoms with Crippen LogP contribution < -0.4 is 4.90 Å². The maximum atomic E-state index is 13.1. The van der Waals surface area contributed by atoms with Crippen molar-refractivity contribution in [1.82, 2.24) is 0 Å². The van der Waals surface area contributed by atoms with E-state index in [1.54, 1.807) is 0 Å². The van der Waals surface area contributed by atoms with Crippen LogP contribution in [0.25, 0.3) is 0 Å². The van der Waals surface area contributed by atoms with Gasteiger partial charge in [0.2, 0.25) is 0 Å². The lowest BCUT2D eigenvalue weighted by atomic mass is 9.47. The highest BCUT2D eigenvalue weighted by molar-refractivity contribution is 5.81.